The first-order chi connectivity index (χ1) is 12.6. The first-order valence-corrected chi connectivity index (χ1v) is 10.3. The van der Waals surface area contributed by atoms with E-state index in [4.69, 9.17) is 4.74 Å². The summed E-state index contributed by atoms with van der Waals surface area (Å²) in [5.74, 6) is -0.0624. The van der Waals surface area contributed by atoms with Gasteiger partial charge in [0.05, 0.1) is 0 Å². The number of fused-ring (bicyclic) bond motifs is 2. The predicted molar refractivity (Wildman–Crippen MR) is 101 cm³/mol. The molecule has 2 aliphatic carbocycles. The average Bonchev–Trinajstić information content (AvgIpc) is 3.03. The molecule has 1 saturated heterocycles. The topological polar surface area (TPSA) is 49.8 Å². The van der Waals surface area contributed by atoms with Crippen molar-refractivity contribution in [2.24, 2.45) is 11.8 Å². The van der Waals surface area contributed by atoms with Crippen LogP contribution in [0.1, 0.15) is 56.9 Å². The van der Waals surface area contributed by atoms with Gasteiger partial charge >= 0.3 is 5.97 Å². The van der Waals surface area contributed by atoms with Gasteiger partial charge in [-0.25, -0.2) is 4.79 Å². The highest BCUT2D eigenvalue weighted by atomic mass is 16.6. The van der Waals surface area contributed by atoms with E-state index in [1.165, 1.54) is 12.8 Å². The van der Waals surface area contributed by atoms with Gasteiger partial charge in [-0.1, -0.05) is 56.0 Å². The monoisotopic (exact) mass is 357 g/mol. The van der Waals surface area contributed by atoms with Crippen LogP contribution in [0.15, 0.2) is 30.3 Å². The Hall–Kier alpha value is -1.39. The zero-order valence-corrected chi connectivity index (χ0v) is 15.8. The van der Waals surface area contributed by atoms with Crippen molar-refractivity contribution in [2.75, 3.05) is 13.6 Å². The molecule has 1 N–H and O–H groups in total. The number of likely N-dealkylation sites (tertiary alicyclic amines) is 1. The SMILES string of the molecule is CN1CC2CC[C@H]1C2OC(=O)C(O)(c1ccccc1)C1CCCCCC1. The number of aliphatic hydroxyl groups is 1. The fourth-order valence-electron chi connectivity index (χ4n) is 5.50. The minimum atomic E-state index is -1.52. The number of rotatable bonds is 4. The second-order valence-corrected chi connectivity index (χ2v) is 8.54. The first-order valence-electron chi connectivity index (χ1n) is 10.3. The normalized spacial score (nSPS) is 32.2. The summed E-state index contributed by atoms with van der Waals surface area (Å²) in [4.78, 5) is 15.7. The number of hydrogen-bond acceptors (Lipinski definition) is 4. The number of likely N-dealkylation sites (N-methyl/N-ethyl adjacent to an activating group) is 1. The largest absolute Gasteiger partial charge is 0.458 e. The second kappa shape index (κ2) is 7.32. The van der Waals surface area contributed by atoms with Crippen LogP contribution in [-0.4, -0.2) is 41.7 Å². The summed E-state index contributed by atoms with van der Waals surface area (Å²) in [6.07, 6.45) is 8.45. The zero-order valence-electron chi connectivity index (χ0n) is 15.8. The van der Waals surface area contributed by atoms with Gasteiger partial charge in [0.15, 0.2) is 5.60 Å². The summed E-state index contributed by atoms with van der Waals surface area (Å²) in [5, 5.41) is 11.7. The Morgan fingerprint density at radius 3 is 2.35 bits per heavy atom. The molecule has 1 aliphatic heterocycles. The van der Waals surface area contributed by atoms with E-state index in [-0.39, 0.29) is 12.0 Å². The molecule has 4 atom stereocenters. The van der Waals surface area contributed by atoms with Crippen LogP contribution in [0.5, 0.6) is 0 Å². The Balaban J connectivity index is 1.61. The van der Waals surface area contributed by atoms with E-state index in [2.05, 4.69) is 11.9 Å². The van der Waals surface area contributed by atoms with Gasteiger partial charge in [0.25, 0.3) is 0 Å². The van der Waals surface area contributed by atoms with Crippen molar-refractivity contribution in [3.8, 4) is 0 Å². The fraction of sp³-hybridized carbons (Fsp3) is 0.682. The number of carbonyl (C=O) groups is 1. The molecule has 3 fully saturated rings. The van der Waals surface area contributed by atoms with E-state index in [0.717, 1.165) is 45.1 Å². The van der Waals surface area contributed by atoms with Gasteiger partial charge in [-0.2, -0.15) is 0 Å². The van der Waals surface area contributed by atoms with Gasteiger partial charge < -0.3 is 9.84 Å². The summed E-state index contributed by atoms with van der Waals surface area (Å²) in [6.45, 7) is 0.996. The predicted octanol–water partition coefficient (Wildman–Crippen LogP) is 3.48. The molecule has 26 heavy (non-hydrogen) atoms. The molecule has 1 aromatic carbocycles. The highest BCUT2D eigenvalue weighted by molar-refractivity contribution is 5.82. The molecule has 2 saturated carbocycles. The number of hydrogen-bond donors (Lipinski definition) is 1. The fourth-order valence-corrected chi connectivity index (χ4v) is 5.50. The molecule has 0 radical (unpaired) electrons. The molecule has 4 nitrogen and oxygen atoms in total. The molecule has 1 aromatic rings. The van der Waals surface area contributed by atoms with Gasteiger partial charge in [0.2, 0.25) is 0 Å². The molecule has 142 valence electrons. The van der Waals surface area contributed by atoms with E-state index < -0.39 is 11.6 Å². The third-order valence-corrected chi connectivity index (χ3v) is 6.98. The van der Waals surface area contributed by atoms with Crippen LogP contribution < -0.4 is 0 Å². The minimum Gasteiger partial charge on any atom is -0.458 e. The molecule has 4 heteroatoms. The Kier molecular flexibility index (Phi) is 5.07. The summed E-state index contributed by atoms with van der Waals surface area (Å²) >= 11 is 0. The quantitative estimate of drug-likeness (QED) is 0.662. The van der Waals surface area contributed by atoms with Gasteiger partial charge in [-0.15, -0.1) is 0 Å². The molecule has 0 spiro atoms. The number of esters is 1. The number of benzene rings is 1. The van der Waals surface area contributed by atoms with Crippen molar-refractivity contribution in [3.05, 3.63) is 35.9 Å². The molecular formula is C22H31NO3. The molecule has 3 aliphatic rings. The lowest BCUT2D eigenvalue weighted by atomic mass is 9.77. The maximum Gasteiger partial charge on any atom is 0.343 e. The van der Waals surface area contributed by atoms with E-state index in [9.17, 15) is 9.90 Å². The van der Waals surface area contributed by atoms with Crippen LogP contribution in [-0.2, 0) is 15.1 Å². The second-order valence-electron chi connectivity index (χ2n) is 8.54. The van der Waals surface area contributed by atoms with Crippen molar-refractivity contribution in [1.29, 1.82) is 0 Å². The number of ether oxygens (including phenoxy) is 1. The number of piperidine rings is 1. The van der Waals surface area contributed by atoms with E-state index >= 15 is 0 Å². The van der Waals surface area contributed by atoms with Crippen molar-refractivity contribution in [1.82, 2.24) is 4.90 Å². The average molecular weight is 357 g/mol. The molecular weight excluding hydrogens is 326 g/mol. The highest BCUT2D eigenvalue weighted by Crippen LogP contribution is 2.43. The molecule has 4 rings (SSSR count). The summed E-state index contributed by atoms with van der Waals surface area (Å²) in [5.41, 5.74) is -0.831. The standard InChI is InChI=1S/C22H31NO3/c1-23-15-16-13-14-19(23)20(16)26-21(24)22(25,18-11-7-4-8-12-18)17-9-5-2-3-6-10-17/h4,7-8,11-12,16-17,19-20,25H,2-3,5-6,9-10,13-15H2,1H3/t16?,19-,20?,22?/m0/s1. The van der Waals surface area contributed by atoms with Crippen LogP contribution in [0, 0.1) is 11.8 Å². The van der Waals surface area contributed by atoms with Crippen molar-refractivity contribution in [3.63, 3.8) is 0 Å². The van der Waals surface area contributed by atoms with Crippen molar-refractivity contribution < 1.29 is 14.6 Å². The molecule has 1 heterocycles. The summed E-state index contributed by atoms with van der Waals surface area (Å²) in [6, 6.07) is 9.80. The molecule has 2 bridgehead atoms. The van der Waals surface area contributed by atoms with Crippen LogP contribution in [0.2, 0.25) is 0 Å². The van der Waals surface area contributed by atoms with Crippen molar-refractivity contribution >= 4 is 5.97 Å². The molecule has 3 unspecified atom stereocenters. The minimum absolute atomic E-state index is 0.0586. The smallest absolute Gasteiger partial charge is 0.343 e. The van der Waals surface area contributed by atoms with Crippen LogP contribution in [0.4, 0.5) is 0 Å². The zero-order chi connectivity index (χ0) is 18.1. The van der Waals surface area contributed by atoms with Crippen molar-refractivity contribution in [2.45, 2.75) is 69.1 Å². The lowest BCUT2D eigenvalue weighted by Gasteiger charge is -2.35. The van der Waals surface area contributed by atoms with E-state index in [1.807, 2.05) is 30.3 Å². The number of nitrogens with zero attached hydrogens (tertiary/aromatic N) is 1. The van der Waals surface area contributed by atoms with Gasteiger partial charge in [0.1, 0.15) is 6.10 Å². The highest BCUT2D eigenvalue weighted by Gasteiger charge is 2.52. The van der Waals surface area contributed by atoms with Gasteiger partial charge in [-0.05, 0) is 38.3 Å². The summed E-state index contributed by atoms with van der Waals surface area (Å²) in [7, 11) is 2.11. The third-order valence-electron chi connectivity index (χ3n) is 6.98. The Morgan fingerprint density at radius 1 is 1.08 bits per heavy atom. The Labute approximate surface area is 156 Å². The molecule has 0 aromatic heterocycles. The maximum atomic E-state index is 13.4. The first kappa shape index (κ1) is 18.0. The number of carbonyl (C=O) groups excluding carboxylic acids is 1. The Morgan fingerprint density at radius 2 is 1.77 bits per heavy atom. The van der Waals surface area contributed by atoms with Crippen LogP contribution in [0.25, 0.3) is 0 Å². The van der Waals surface area contributed by atoms with Gasteiger partial charge in [0, 0.05) is 24.4 Å². The van der Waals surface area contributed by atoms with Crippen LogP contribution in [0.3, 0.4) is 0 Å². The lowest BCUT2D eigenvalue weighted by molar-refractivity contribution is -0.182. The molecule has 0 amide bonds. The lowest BCUT2D eigenvalue weighted by Crippen LogP contribution is -2.47. The Bertz CT molecular complexity index is 626. The van der Waals surface area contributed by atoms with E-state index in [1.54, 1.807) is 0 Å². The van der Waals surface area contributed by atoms with Gasteiger partial charge in [-0.3, -0.25) is 4.90 Å². The van der Waals surface area contributed by atoms with E-state index in [0.29, 0.717) is 17.5 Å². The summed E-state index contributed by atoms with van der Waals surface area (Å²) < 4.78 is 6.05. The van der Waals surface area contributed by atoms with Crippen LogP contribution >= 0.6 is 0 Å². The third kappa shape index (κ3) is 3.07. The maximum absolute atomic E-state index is 13.4.